The number of primary amides is 4. The van der Waals surface area contributed by atoms with Crippen LogP contribution in [0.4, 0.5) is 0 Å². The first-order valence-corrected chi connectivity index (χ1v) is 34.9. The fourth-order valence-corrected chi connectivity index (χ4v) is 13.4. The van der Waals surface area contributed by atoms with Gasteiger partial charge in [-0.05, 0) is 121 Å². The maximum Gasteiger partial charge on any atom is 0.240 e. The largest absolute Gasteiger partial charge is 0.370 e. The van der Waals surface area contributed by atoms with Gasteiger partial charge in [-0.25, -0.2) is 0 Å². The highest BCUT2D eigenvalue weighted by Crippen LogP contribution is 2.32. The molecule has 1 aliphatic carbocycles. The summed E-state index contributed by atoms with van der Waals surface area (Å²) in [5.74, 6) is -15.2. The number of rotatable bonds is 25. The molecule has 2 saturated heterocycles. The Balaban J connectivity index is 1.82. The summed E-state index contributed by atoms with van der Waals surface area (Å²) in [4.78, 5) is 192. The number of hydrogen-bond acceptors (Lipinski definition) is 16. The van der Waals surface area contributed by atoms with Crippen LogP contribution in [0.2, 0.25) is 0 Å². The number of carbonyl (C=O) groups excluding carboxylic acids is 13. The fraction of sp³-hybridized carbons (Fsp3) is 0.700. The molecule has 0 aromatic carbocycles. The average Bonchev–Trinajstić information content (AvgIpc) is 1.82. The molecule has 9 amide bonds. The molecule has 3 aliphatic heterocycles. The normalized spacial score (nSPS) is 27.1. The van der Waals surface area contributed by atoms with Crippen LogP contribution in [-0.2, 0) is 62.3 Å². The summed E-state index contributed by atoms with van der Waals surface area (Å²) in [6.45, 7) is 16.1. The van der Waals surface area contributed by atoms with Gasteiger partial charge < -0.3 is 61.0 Å². The summed E-state index contributed by atoms with van der Waals surface area (Å²) in [5.41, 5.74) is 33.2. The molecule has 0 spiro atoms. The zero-order valence-corrected chi connectivity index (χ0v) is 58.5. The summed E-state index contributed by atoms with van der Waals surface area (Å²) in [6, 6.07) is -5.54. The summed E-state index contributed by atoms with van der Waals surface area (Å²) in [5, 5.41) is 14.1. The molecule has 0 aromatic rings. The molecule has 2 fully saturated rings. The Morgan fingerprint density at radius 2 is 1.23 bits per heavy atom. The molecule has 13 atom stereocenters. The standard InChI is InChI=1S/C70H112N14O13/c1-40(2)29-46-34-58(87)54(37-61(72)90)81-68(97)49-24-28-84(43(49)7)27-17-13-11-9-10-12-16-25-70(8,59(88)36-45(22-23-60(71)89)65(94)82-55(63(74)92)38-62(73)91)83-67(96)47(30-41(3)4)35-57(86)52(31-42(5)6)79-64(93)44(19-18-26-77-69(75)76)33-56(85)53(80-66(46)95)32-48-39-78-51-21-15-14-20-50(48)51/h14-15,20-21,39-47,49-50,52-55H,9-13,16-19,22-38H2,1-8H3,(H2,71,89)(H2,72,90)(H2,73,91)(H2,74,92)(H,79,93)(H,80,95)(H,81,97)(H,82,94)(H,83,96)(H4,75,76,77)/t43?,44-,45-,46-,47-,49+,50?,52+,53+,54+,55+,70+/m1/s1. The third kappa shape index (κ3) is 27.8. The van der Waals surface area contributed by atoms with E-state index in [2.05, 4.69) is 41.5 Å². The number of aliphatic imine (C=N–C) groups is 2. The number of ketones is 4. The molecule has 27 nitrogen and oxygen atoms in total. The molecule has 97 heavy (non-hydrogen) atoms. The molecule has 2 bridgehead atoms. The Kier molecular flexibility index (Phi) is 33.6. The van der Waals surface area contributed by atoms with Crippen molar-refractivity contribution in [1.82, 2.24) is 31.5 Å². The number of fused-ring (bicyclic) bond motifs is 3. The third-order valence-electron chi connectivity index (χ3n) is 18.9. The van der Waals surface area contributed by atoms with E-state index < -0.39 is 168 Å². The number of nitrogens with zero attached hydrogens (tertiary/aromatic N) is 3. The molecule has 540 valence electrons. The predicted octanol–water partition coefficient (Wildman–Crippen LogP) is 3.11. The topological polar surface area (TPSA) is 466 Å². The van der Waals surface area contributed by atoms with Gasteiger partial charge in [-0.1, -0.05) is 98.3 Å². The highest BCUT2D eigenvalue weighted by Gasteiger charge is 2.42. The molecule has 0 radical (unpaired) electrons. The summed E-state index contributed by atoms with van der Waals surface area (Å²) >= 11 is 0. The SMILES string of the molecule is CC(C)C[C@@H]1CC(=O)[C@H](CC(N)=O)NC(=O)[C@H]2CCN(CCCCCCCCC[C@@](C)(C(=O)C[C@@H](CCC(N)=O)C(=O)N[C@@H](CC(N)=O)C(N)=O)NC(=O)[C@H](CC(C)C)CC(=O)[C@H](CC(C)C)NC(=O)[C@H](CCCN=C(N)N)CC(=O)[C@H](CC3=CN=C4C=CC=CC34)NC1=O)C2C. The molecule has 4 aliphatic rings. The molecule has 3 heterocycles. The van der Waals surface area contributed by atoms with Gasteiger partial charge in [-0.2, -0.15) is 0 Å². The van der Waals surface area contributed by atoms with E-state index in [-0.39, 0.29) is 106 Å². The lowest BCUT2D eigenvalue weighted by Crippen LogP contribution is -2.55. The van der Waals surface area contributed by atoms with E-state index in [0.29, 0.717) is 37.9 Å². The number of amides is 9. The molecule has 3 unspecified atom stereocenters. The Labute approximate surface area is 571 Å². The lowest BCUT2D eigenvalue weighted by Gasteiger charge is -2.33. The summed E-state index contributed by atoms with van der Waals surface area (Å²) in [7, 11) is 0. The smallest absolute Gasteiger partial charge is 0.240 e. The van der Waals surface area contributed by atoms with Crippen LogP contribution in [0.15, 0.2) is 46.1 Å². The first-order valence-electron chi connectivity index (χ1n) is 34.9. The van der Waals surface area contributed by atoms with Crippen molar-refractivity contribution in [2.24, 2.45) is 97.6 Å². The van der Waals surface area contributed by atoms with Crippen LogP contribution >= 0.6 is 0 Å². The summed E-state index contributed by atoms with van der Waals surface area (Å²) < 4.78 is 0. The highest BCUT2D eigenvalue weighted by molar-refractivity contribution is 6.04. The second-order valence-corrected chi connectivity index (χ2v) is 28.7. The van der Waals surface area contributed by atoms with E-state index in [9.17, 15) is 47.9 Å². The Morgan fingerprint density at radius 3 is 1.82 bits per heavy atom. The number of allylic oxidation sites excluding steroid dienone is 4. The molecule has 17 N–H and O–H groups in total. The Hall–Kier alpha value is -7.97. The van der Waals surface area contributed by atoms with Gasteiger partial charge in [0.25, 0.3) is 0 Å². The molecule has 0 saturated carbocycles. The molecular formula is C70H112N14O13. The number of hydrogen-bond donors (Lipinski definition) is 11. The second kappa shape index (κ2) is 40.0. The monoisotopic (exact) mass is 1360 g/mol. The molecule has 4 rings (SSSR count). The van der Waals surface area contributed by atoms with Gasteiger partial charge in [0.05, 0.1) is 48.1 Å². The quantitative estimate of drug-likeness (QED) is 0.0355. The zero-order chi connectivity index (χ0) is 72.3. The average molecular weight is 1360 g/mol. The minimum absolute atomic E-state index is 0.0357. The number of nitrogens with two attached hydrogens (primary N) is 6. The van der Waals surface area contributed by atoms with Crippen LogP contribution < -0.4 is 61.0 Å². The first-order chi connectivity index (χ1) is 45.7. The van der Waals surface area contributed by atoms with Gasteiger partial charge in [-0.15, -0.1) is 0 Å². The second-order valence-electron chi connectivity index (χ2n) is 28.7. The van der Waals surface area contributed by atoms with Crippen molar-refractivity contribution >= 4 is 88.0 Å². The van der Waals surface area contributed by atoms with Gasteiger partial charge in [0, 0.05) is 80.5 Å². The van der Waals surface area contributed by atoms with Gasteiger partial charge in [0.2, 0.25) is 53.2 Å². The maximum atomic E-state index is 15.2. The Morgan fingerprint density at radius 1 is 0.660 bits per heavy atom. The van der Waals surface area contributed by atoms with Crippen LogP contribution in [-0.4, -0.2) is 148 Å². The summed E-state index contributed by atoms with van der Waals surface area (Å²) in [6.07, 6.45) is 12.0. The van der Waals surface area contributed by atoms with Crippen molar-refractivity contribution in [1.29, 1.82) is 0 Å². The van der Waals surface area contributed by atoms with Crippen LogP contribution in [0.1, 0.15) is 203 Å². The van der Waals surface area contributed by atoms with Gasteiger partial charge in [-0.3, -0.25) is 77.2 Å². The lowest BCUT2D eigenvalue weighted by atomic mass is 9.81. The minimum Gasteiger partial charge on any atom is -0.370 e. The van der Waals surface area contributed by atoms with E-state index in [1.807, 2.05) is 72.8 Å². The number of nitrogens with one attached hydrogen (secondary N) is 5. The van der Waals surface area contributed by atoms with Crippen molar-refractivity contribution in [3.8, 4) is 0 Å². The van der Waals surface area contributed by atoms with Crippen molar-refractivity contribution < 1.29 is 62.3 Å². The van der Waals surface area contributed by atoms with Crippen molar-refractivity contribution in [2.75, 3.05) is 19.6 Å². The van der Waals surface area contributed by atoms with Crippen LogP contribution in [0, 0.1) is 53.3 Å². The van der Waals surface area contributed by atoms with Gasteiger partial charge in [0.1, 0.15) is 6.04 Å². The predicted molar refractivity (Wildman–Crippen MR) is 368 cm³/mol. The molecule has 27 heteroatoms. The van der Waals surface area contributed by atoms with Crippen molar-refractivity contribution in [2.45, 2.75) is 239 Å². The minimum atomic E-state index is -1.67. The van der Waals surface area contributed by atoms with Gasteiger partial charge in [0.15, 0.2) is 29.1 Å². The number of guanidine groups is 1. The van der Waals surface area contributed by atoms with E-state index >= 15 is 14.4 Å². The van der Waals surface area contributed by atoms with Crippen LogP contribution in [0.3, 0.4) is 0 Å². The van der Waals surface area contributed by atoms with E-state index in [1.165, 1.54) is 0 Å². The highest BCUT2D eigenvalue weighted by atomic mass is 16.2. The lowest BCUT2D eigenvalue weighted by molar-refractivity contribution is -0.138. The van der Waals surface area contributed by atoms with Crippen LogP contribution in [0.5, 0.6) is 0 Å². The first kappa shape index (κ1) is 81.5. The zero-order valence-electron chi connectivity index (χ0n) is 58.5. The number of Topliss-reactive ketones (excluding diaryl/α,β-unsaturated/α-hetero) is 4. The molecule has 0 aromatic heterocycles. The maximum absolute atomic E-state index is 15.2. The van der Waals surface area contributed by atoms with Crippen molar-refractivity contribution in [3.63, 3.8) is 0 Å². The Bertz CT molecular complexity index is 2970. The van der Waals surface area contributed by atoms with E-state index in [4.69, 9.17) is 34.4 Å². The van der Waals surface area contributed by atoms with E-state index in [1.54, 1.807) is 13.1 Å². The third-order valence-corrected chi connectivity index (χ3v) is 18.9. The van der Waals surface area contributed by atoms with E-state index in [0.717, 1.165) is 37.8 Å². The van der Waals surface area contributed by atoms with Crippen molar-refractivity contribution in [3.05, 3.63) is 36.1 Å². The number of carbonyl (C=O) groups is 13. The fourth-order valence-electron chi connectivity index (χ4n) is 13.4. The van der Waals surface area contributed by atoms with Crippen LogP contribution in [0.25, 0.3) is 0 Å². The molecular weight excluding hydrogens is 1240 g/mol. The van der Waals surface area contributed by atoms with Gasteiger partial charge >= 0.3 is 0 Å².